The van der Waals surface area contributed by atoms with Crippen LogP contribution in [0.15, 0.2) is 58.7 Å². The van der Waals surface area contributed by atoms with Gasteiger partial charge in [0.15, 0.2) is 0 Å². The number of allylic oxidation sites excluding steroid dienone is 5. The Morgan fingerprint density at radius 1 is 1.19 bits per heavy atom. The molecule has 0 radical (unpaired) electrons. The summed E-state index contributed by atoms with van der Waals surface area (Å²) in [5.41, 5.74) is 3.51. The molecule has 3 aliphatic carbocycles. The molecular weight excluding hydrogens is 560 g/mol. The number of imidazole rings is 1. The van der Waals surface area contributed by atoms with Crippen molar-refractivity contribution in [2.45, 2.75) is 97.3 Å². The van der Waals surface area contributed by atoms with E-state index in [-0.39, 0.29) is 23.7 Å². The fraction of sp³-hybridized carbons (Fsp3) is 0.571. The lowest BCUT2D eigenvalue weighted by molar-refractivity contribution is -0.160. The monoisotopic (exact) mass is 606 g/mol. The van der Waals surface area contributed by atoms with Crippen molar-refractivity contribution in [3.05, 3.63) is 75.1 Å². The number of aromatic nitrogens is 2. The van der Waals surface area contributed by atoms with Gasteiger partial charge in [-0.15, -0.1) is 11.3 Å². The molecule has 1 N–H and O–H groups in total. The van der Waals surface area contributed by atoms with E-state index in [9.17, 15) is 14.7 Å². The van der Waals surface area contributed by atoms with Crippen LogP contribution in [0.25, 0.3) is 0 Å². The maximum Gasteiger partial charge on any atom is 0.314 e. The first-order chi connectivity index (χ1) is 20.6. The number of ether oxygens (including phenoxy) is 2. The number of rotatable bonds is 13. The zero-order valence-corrected chi connectivity index (χ0v) is 27.0. The molecule has 43 heavy (non-hydrogen) atoms. The average Bonchev–Trinajstić information content (AvgIpc) is 3.80. The maximum absolute atomic E-state index is 13.6. The number of aliphatic hydroxyl groups excluding tert-OH is 1. The minimum Gasteiger partial charge on any atom is -0.469 e. The van der Waals surface area contributed by atoms with Crippen LogP contribution in [0.4, 0.5) is 0 Å². The minimum absolute atomic E-state index is 0.0516. The van der Waals surface area contributed by atoms with Crippen molar-refractivity contribution in [3.63, 3.8) is 0 Å². The predicted octanol–water partition coefficient (Wildman–Crippen LogP) is 6.92. The second-order valence-corrected chi connectivity index (χ2v) is 14.2. The van der Waals surface area contributed by atoms with Gasteiger partial charge in [0, 0.05) is 23.8 Å². The van der Waals surface area contributed by atoms with E-state index in [1.54, 1.807) is 17.5 Å². The van der Waals surface area contributed by atoms with Gasteiger partial charge < -0.3 is 19.1 Å². The Balaban J connectivity index is 1.48. The summed E-state index contributed by atoms with van der Waals surface area (Å²) in [7, 11) is 1.37. The van der Waals surface area contributed by atoms with E-state index in [1.165, 1.54) is 12.7 Å². The number of carbonyl (C=O) groups excluding carboxylic acids is 2. The third-order valence-corrected chi connectivity index (χ3v) is 9.93. The Labute approximate surface area is 259 Å². The number of aliphatic hydroxyl groups is 1. The Kier molecular flexibility index (Phi) is 9.76. The highest BCUT2D eigenvalue weighted by molar-refractivity contribution is 7.09. The number of aryl methyl sites for hydroxylation is 1. The Hall–Kier alpha value is -2.97. The van der Waals surface area contributed by atoms with Crippen molar-refractivity contribution in [1.29, 1.82) is 0 Å². The molecule has 3 aliphatic rings. The van der Waals surface area contributed by atoms with Gasteiger partial charge in [0.05, 0.1) is 30.8 Å². The van der Waals surface area contributed by atoms with Crippen molar-refractivity contribution >= 4 is 23.3 Å². The summed E-state index contributed by atoms with van der Waals surface area (Å²) in [5.74, 6) is -0.342. The summed E-state index contributed by atoms with van der Waals surface area (Å²) in [4.78, 5) is 32.4. The van der Waals surface area contributed by atoms with Crippen LogP contribution in [0.5, 0.6) is 0 Å². The second-order valence-electron chi connectivity index (χ2n) is 13.2. The molecule has 0 spiro atoms. The summed E-state index contributed by atoms with van der Waals surface area (Å²) >= 11 is 1.57. The number of esters is 2. The molecule has 2 bridgehead atoms. The largest absolute Gasteiger partial charge is 0.469 e. The van der Waals surface area contributed by atoms with Gasteiger partial charge in [0.25, 0.3) is 0 Å². The van der Waals surface area contributed by atoms with Gasteiger partial charge in [-0.3, -0.25) is 9.59 Å². The summed E-state index contributed by atoms with van der Waals surface area (Å²) in [5, 5.41) is 13.7. The van der Waals surface area contributed by atoms with E-state index in [0.717, 1.165) is 66.8 Å². The molecule has 2 heterocycles. The van der Waals surface area contributed by atoms with Gasteiger partial charge >= 0.3 is 11.9 Å². The molecule has 8 heteroatoms. The molecule has 0 aromatic carbocycles. The maximum atomic E-state index is 13.6. The molecule has 5 rings (SSSR count). The van der Waals surface area contributed by atoms with Crippen LogP contribution in [0, 0.1) is 23.7 Å². The fourth-order valence-electron chi connectivity index (χ4n) is 6.93. The molecule has 232 valence electrons. The second kappa shape index (κ2) is 13.3. The number of fused-ring (bicyclic) bond motifs is 2. The number of unbranched alkanes of at least 4 members (excludes halogenated alkanes) is 1. The molecule has 4 atom stereocenters. The van der Waals surface area contributed by atoms with Gasteiger partial charge in [-0.05, 0) is 80.5 Å². The van der Waals surface area contributed by atoms with E-state index < -0.39 is 23.6 Å². The molecule has 4 unspecified atom stereocenters. The molecule has 0 saturated heterocycles. The van der Waals surface area contributed by atoms with Crippen LogP contribution in [0.1, 0.15) is 88.7 Å². The summed E-state index contributed by atoms with van der Waals surface area (Å²) < 4.78 is 13.2. The third kappa shape index (κ3) is 6.91. The SMILES string of the molecule is CCCCc1ncc(C(O)C(Cc2cccs2)C(=O)OC)n1CC1C2=CC(C(C(=O)OC(C)(C)C)C3CCCC3)=C1C=C2. The van der Waals surface area contributed by atoms with Gasteiger partial charge in [0.1, 0.15) is 17.5 Å². The number of hydrogen-bond donors (Lipinski definition) is 1. The highest BCUT2D eigenvalue weighted by Gasteiger charge is 2.42. The number of nitrogens with zero attached hydrogens (tertiary/aromatic N) is 2. The highest BCUT2D eigenvalue weighted by atomic mass is 32.1. The molecular formula is C35H46N2O5S. The third-order valence-electron chi connectivity index (χ3n) is 9.03. The van der Waals surface area contributed by atoms with Gasteiger partial charge in [-0.1, -0.05) is 50.5 Å². The average molecular weight is 607 g/mol. The van der Waals surface area contributed by atoms with Gasteiger partial charge in [-0.2, -0.15) is 0 Å². The first-order valence-corrected chi connectivity index (χ1v) is 16.7. The highest BCUT2D eigenvalue weighted by Crippen LogP contribution is 2.48. The van der Waals surface area contributed by atoms with Gasteiger partial charge in [-0.25, -0.2) is 4.98 Å². The number of carbonyl (C=O) groups is 2. The van der Waals surface area contributed by atoms with E-state index in [0.29, 0.717) is 18.7 Å². The lowest BCUT2D eigenvalue weighted by atomic mass is 9.82. The first kappa shape index (κ1) is 31.5. The summed E-state index contributed by atoms with van der Waals surface area (Å²) in [6, 6.07) is 3.93. The van der Waals surface area contributed by atoms with Crippen molar-refractivity contribution in [2.24, 2.45) is 23.7 Å². The van der Waals surface area contributed by atoms with Crippen LogP contribution >= 0.6 is 11.3 Å². The van der Waals surface area contributed by atoms with Crippen LogP contribution in [-0.2, 0) is 38.4 Å². The molecule has 2 aromatic heterocycles. The number of thiophene rings is 1. The Bertz CT molecular complexity index is 1390. The number of hydrogen-bond acceptors (Lipinski definition) is 7. The van der Waals surface area contributed by atoms with Crippen molar-refractivity contribution in [3.8, 4) is 0 Å². The molecule has 0 aliphatic heterocycles. The van der Waals surface area contributed by atoms with E-state index >= 15 is 0 Å². The quantitative estimate of drug-likeness (QED) is 0.249. The standard InChI is InChI=1S/C35H46N2O5S/c1-6-7-14-30-36-20-29(32(38)27(33(39)41-5)19-24-13-10-17-43-24)37(30)21-28-23-15-16-25(28)26(18-23)31(22-11-8-9-12-22)34(40)42-35(2,3)4/h10,13,15-18,20,22,27-28,31-32,38H,6-9,11-12,14,19,21H2,1-5H3. The Morgan fingerprint density at radius 3 is 2.60 bits per heavy atom. The fourth-order valence-corrected chi connectivity index (χ4v) is 7.69. The lowest BCUT2D eigenvalue weighted by Crippen LogP contribution is -2.33. The molecule has 1 saturated carbocycles. The summed E-state index contributed by atoms with van der Waals surface area (Å²) in [6.45, 7) is 8.53. The van der Waals surface area contributed by atoms with Crippen molar-refractivity contribution < 1.29 is 24.2 Å². The Morgan fingerprint density at radius 2 is 1.95 bits per heavy atom. The van der Waals surface area contributed by atoms with E-state index in [1.807, 2.05) is 38.3 Å². The normalized spacial score (nSPS) is 20.4. The molecule has 2 aromatic rings. The first-order valence-electron chi connectivity index (χ1n) is 15.8. The lowest BCUT2D eigenvalue weighted by Gasteiger charge is -2.28. The van der Waals surface area contributed by atoms with Crippen molar-refractivity contribution in [1.82, 2.24) is 9.55 Å². The van der Waals surface area contributed by atoms with Crippen LogP contribution in [0.2, 0.25) is 0 Å². The minimum atomic E-state index is -1.07. The zero-order chi connectivity index (χ0) is 30.7. The topological polar surface area (TPSA) is 90.6 Å². The molecule has 1 fully saturated rings. The van der Waals surface area contributed by atoms with Crippen LogP contribution in [-0.4, -0.2) is 39.3 Å². The molecule has 0 amide bonds. The summed E-state index contributed by atoms with van der Waals surface area (Å²) in [6.07, 6.45) is 14.7. The van der Waals surface area contributed by atoms with Gasteiger partial charge in [0.2, 0.25) is 0 Å². The van der Waals surface area contributed by atoms with E-state index in [4.69, 9.17) is 14.5 Å². The van der Waals surface area contributed by atoms with E-state index in [2.05, 4.69) is 29.7 Å². The van der Waals surface area contributed by atoms with Crippen molar-refractivity contribution in [2.75, 3.05) is 7.11 Å². The smallest absolute Gasteiger partial charge is 0.314 e. The number of methoxy groups -OCH3 is 1. The predicted molar refractivity (Wildman–Crippen MR) is 168 cm³/mol. The van der Waals surface area contributed by atoms with Crippen LogP contribution < -0.4 is 0 Å². The zero-order valence-electron chi connectivity index (χ0n) is 26.2. The van der Waals surface area contributed by atoms with Crippen LogP contribution in [0.3, 0.4) is 0 Å². The molecule has 7 nitrogen and oxygen atoms in total.